The third kappa shape index (κ3) is 2.42. The Morgan fingerprint density at radius 3 is 1.78 bits per heavy atom. The van der Waals surface area contributed by atoms with Gasteiger partial charge in [-0.3, -0.25) is 0 Å². The van der Waals surface area contributed by atoms with Crippen LogP contribution in [0.15, 0.2) is 11.3 Å². The van der Waals surface area contributed by atoms with Crippen LogP contribution in [0.25, 0.3) is 0 Å². The van der Waals surface area contributed by atoms with E-state index in [1.54, 1.807) is 0 Å². The minimum atomic E-state index is 0.658. The summed E-state index contributed by atoms with van der Waals surface area (Å²) >= 11 is 0. The molecule has 0 aromatic rings. The summed E-state index contributed by atoms with van der Waals surface area (Å²) < 4.78 is 0. The van der Waals surface area contributed by atoms with Crippen molar-refractivity contribution in [3.63, 3.8) is 0 Å². The first-order valence-corrected chi connectivity index (χ1v) is 3.12. The number of quaternary nitrogens is 1. The maximum atomic E-state index is 7.26. The zero-order valence-corrected chi connectivity index (χ0v) is 6.58. The summed E-state index contributed by atoms with van der Waals surface area (Å²) in [6.45, 7) is 5.80. The van der Waals surface area contributed by atoms with Gasteiger partial charge in [0.2, 0.25) is 0 Å². The maximum absolute atomic E-state index is 7.26. The molecule has 0 aromatic carbocycles. The monoisotopic (exact) mass is 127 g/mol. The Balaban J connectivity index is 4.28. The van der Waals surface area contributed by atoms with E-state index in [-0.39, 0.29) is 0 Å². The van der Waals surface area contributed by atoms with Crippen LogP contribution in [0.3, 0.4) is 0 Å². The zero-order valence-electron chi connectivity index (χ0n) is 6.58. The molecule has 2 heteroatoms. The molecule has 0 aliphatic carbocycles. The summed E-state index contributed by atoms with van der Waals surface area (Å²) in [7, 11) is 1.99. The van der Waals surface area contributed by atoms with Gasteiger partial charge in [0.05, 0.1) is 7.05 Å². The van der Waals surface area contributed by atoms with Crippen LogP contribution in [0.5, 0.6) is 0 Å². The van der Waals surface area contributed by atoms with Crippen molar-refractivity contribution in [2.24, 2.45) is 0 Å². The largest absolute Gasteiger partial charge is 0.320 e. The summed E-state index contributed by atoms with van der Waals surface area (Å²) in [5, 5.41) is 9.28. The van der Waals surface area contributed by atoms with Gasteiger partial charge in [-0.15, -0.1) is 0 Å². The number of nitrogens with two attached hydrogens (primary N) is 1. The van der Waals surface area contributed by atoms with Crippen LogP contribution >= 0.6 is 0 Å². The van der Waals surface area contributed by atoms with E-state index in [2.05, 4.69) is 0 Å². The third-order valence-corrected chi connectivity index (χ3v) is 1.59. The lowest BCUT2D eigenvalue weighted by Gasteiger charge is -1.98. The summed E-state index contributed by atoms with van der Waals surface area (Å²) in [5.41, 5.74) is 2.94. The van der Waals surface area contributed by atoms with Crippen LogP contribution in [0.2, 0.25) is 0 Å². The minimum Gasteiger partial charge on any atom is -0.320 e. The molecule has 0 unspecified atom stereocenters. The molecule has 0 spiro atoms. The number of hydrogen-bond acceptors (Lipinski definition) is 1. The van der Waals surface area contributed by atoms with Crippen molar-refractivity contribution >= 4 is 5.71 Å². The zero-order chi connectivity index (χ0) is 7.44. The summed E-state index contributed by atoms with van der Waals surface area (Å²) in [6, 6.07) is 0. The molecule has 0 atom stereocenters. The van der Waals surface area contributed by atoms with Crippen molar-refractivity contribution < 1.29 is 5.32 Å². The first kappa shape index (κ1) is 8.37. The highest BCUT2D eigenvalue weighted by atomic mass is 14.8. The van der Waals surface area contributed by atoms with Gasteiger partial charge < -0.3 is 10.7 Å². The van der Waals surface area contributed by atoms with Gasteiger partial charge in [-0.1, -0.05) is 0 Å². The Bertz CT molecular complexity index is 145. The van der Waals surface area contributed by atoms with Gasteiger partial charge in [0, 0.05) is 18.2 Å². The molecule has 0 aliphatic heterocycles. The Kier molecular flexibility index (Phi) is 3.17. The quantitative estimate of drug-likeness (QED) is 0.508. The predicted molar refractivity (Wildman–Crippen MR) is 39.6 cm³/mol. The molecule has 0 saturated carbocycles. The minimum absolute atomic E-state index is 0.658. The van der Waals surface area contributed by atoms with E-state index in [1.807, 2.05) is 33.1 Å². The Hall–Kier alpha value is -0.630. The second-order valence-corrected chi connectivity index (χ2v) is 2.22. The fourth-order valence-electron chi connectivity index (χ4n) is 0.512. The van der Waals surface area contributed by atoms with Gasteiger partial charge in [0.25, 0.3) is 0 Å². The third-order valence-electron chi connectivity index (χ3n) is 1.59. The highest BCUT2D eigenvalue weighted by Crippen LogP contribution is 1.95. The molecule has 52 valence electrons. The molecule has 0 aromatic heterocycles. The smallest absolute Gasteiger partial charge is 0.107 e. The SMILES string of the molecule is C[NH2+]C(C)=C(C)C(C)=N. The van der Waals surface area contributed by atoms with Gasteiger partial charge in [-0.2, -0.15) is 0 Å². The summed E-state index contributed by atoms with van der Waals surface area (Å²) in [6.07, 6.45) is 0. The molecule has 0 fully saturated rings. The van der Waals surface area contributed by atoms with Crippen molar-refractivity contribution in [2.45, 2.75) is 20.8 Å². The Morgan fingerprint density at radius 2 is 1.67 bits per heavy atom. The van der Waals surface area contributed by atoms with Crippen LogP contribution in [0, 0.1) is 5.41 Å². The van der Waals surface area contributed by atoms with E-state index in [0.29, 0.717) is 5.71 Å². The van der Waals surface area contributed by atoms with E-state index >= 15 is 0 Å². The van der Waals surface area contributed by atoms with Crippen LogP contribution in [-0.4, -0.2) is 12.8 Å². The van der Waals surface area contributed by atoms with E-state index < -0.39 is 0 Å². The van der Waals surface area contributed by atoms with Crippen molar-refractivity contribution in [3.05, 3.63) is 11.3 Å². The summed E-state index contributed by atoms with van der Waals surface area (Å²) in [4.78, 5) is 0. The molecule has 3 N–H and O–H groups in total. The molecule has 0 amide bonds. The standard InChI is InChI=1S/C7H14N2/c1-5(6(2)8)7(3)9-4/h8-9H,1-4H3/p+1. The predicted octanol–water partition coefficient (Wildman–Crippen LogP) is 0.513. The lowest BCUT2D eigenvalue weighted by atomic mass is 10.2. The molecular formula is C7H15N2+. The van der Waals surface area contributed by atoms with E-state index in [1.165, 1.54) is 5.70 Å². The van der Waals surface area contributed by atoms with Gasteiger partial charge in [0.15, 0.2) is 0 Å². The van der Waals surface area contributed by atoms with Crippen molar-refractivity contribution in [1.82, 2.24) is 0 Å². The number of nitrogens with one attached hydrogen (secondary N) is 1. The van der Waals surface area contributed by atoms with Crippen LogP contribution < -0.4 is 5.32 Å². The highest BCUT2D eigenvalue weighted by molar-refractivity contribution is 5.95. The molecule has 9 heavy (non-hydrogen) atoms. The topological polar surface area (TPSA) is 40.5 Å². The molecule has 0 aliphatic rings. The van der Waals surface area contributed by atoms with Gasteiger partial charge in [-0.25, -0.2) is 0 Å². The fourth-order valence-corrected chi connectivity index (χ4v) is 0.512. The Morgan fingerprint density at radius 1 is 1.22 bits per heavy atom. The highest BCUT2D eigenvalue weighted by Gasteiger charge is 1.98. The van der Waals surface area contributed by atoms with Gasteiger partial charge in [-0.05, 0) is 13.8 Å². The Labute approximate surface area is 56.5 Å². The second kappa shape index (κ2) is 3.41. The average molecular weight is 127 g/mol. The molecular weight excluding hydrogens is 112 g/mol. The molecule has 0 radical (unpaired) electrons. The van der Waals surface area contributed by atoms with Crippen molar-refractivity contribution in [2.75, 3.05) is 7.05 Å². The van der Waals surface area contributed by atoms with Gasteiger partial charge in [0.1, 0.15) is 5.70 Å². The lowest BCUT2D eigenvalue weighted by Crippen LogP contribution is -2.77. The van der Waals surface area contributed by atoms with Crippen LogP contribution in [-0.2, 0) is 0 Å². The number of hydrogen-bond donors (Lipinski definition) is 2. The second-order valence-electron chi connectivity index (χ2n) is 2.22. The maximum Gasteiger partial charge on any atom is 0.107 e. The van der Waals surface area contributed by atoms with Crippen molar-refractivity contribution in [3.8, 4) is 0 Å². The van der Waals surface area contributed by atoms with Crippen molar-refractivity contribution in [1.29, 1.82) is 5.41 Å². The van der Waals surface area contributed by atoms with E-state index in [0.717, 1.165) is 5.57 Å². The molecule has 0 heterocycles. The first-order chi connectivity index (χ1) is 4.09. The number of rotatable bonds is 2. The van der Waals surface area contributed by atoms with E-state index in [4.69, 9.17) is 5.41 Å². The lowest BCUT2D eigenvalue weighted by molar-refractivity contribution is -0.576. The molecule has 0 bridgehead atoms. The van der Waals surface area contributed by atoms with E-state index in [9.17, 15) is 0 Å². The molecule has 2 nitrogen and oxygen atoms in total. The fraction of sp³-hybridized carbons (Fsp3) is 0.571. The number of allylic oxidation sites excluding steroid dienone is 2. The molecule has 0 saturated heterocycles. The van der Waals surface area contributed by atoms with Crippen LogP contribution in [0.4, 0.5) is 0 Å². The molecule has 0 rings (SSSR count). The van der Waals surface area contributed by atoms with Crippen LogP contribution in [0.1, 0.15) is 20.8 Å². The normalized spacial score (nSPS) is 12.9. The summed E-state index contributed by atoms with van der Waals surface area (Å²) in [5.74, 6) is 0. The first-order valence-electron chi connectivity index (χ1n) is 3.12. The van der Waals surface area contributed by atoms with Gasteiger partial charge >= 0.3 is 0 Å². The average Bonchev–Trinajstić information content (AvgIpc) is 1.84.